The number of fused-ring (bicyclic) bond motifs is 1. The quantitative estimate of drug-likeness (QED) is 0.665. The molecule has 3 aromatic rings. The molecule has 0 atom stereocenters. The molecule has 0 amide bonds. The second kappa shape index (κ2) is 7.15. The third-order valence-corrected chi connectivity index (χ3v) is 4.75. The Morgan fingerprint density at radius 3 is 2.78 bits per heavy atom. The largest absolute Gasteiger partial charge is 0.376 e. The number of aromatic nitrogens is 4. The zero-order valence-corrected chi connectivity index (χ0v) is 16.0. The van der Waals surface area contributed by atoms with Crippen LogP contribution in [-0.2, 0) is 11.3 Å². The number of ether oxygens (including phenoxy) is 1. The first-order chi connectivity index (χ1) is 13.0. The maximum atomic E-state index is 12.9. The number of rotatable bonds is 7. The SMILES string of the molecule is Cc1cc(Nc2nn(C(C)C)c(=O)c3cc(COCC4CC4)ccc23)n[nH]1. The Morgan fingerprint density at radius 1 is 1.30 bits per heavy atom. The summed E-state index contributed by atoms with van der Waals surface area (Å²) in [7, 11) is 0. The number of hydrogen-bond donors (Lipinski definition) is 2. The fourth-order valence-electron chi connectivity index (χ4n) is 3.07. The third kappa shape index (κ3) is 3.88. The van der Waals surface area contributed by atoms with Crippen LogP contribution >= 0.6 is 0 Å². The van der Waals surface area contributed by atoms with E-state index in [4.69, 9.17) is 4.74 Å². The van der Waals surface area contributed by atoms with Crippen molar-refractivity contribution in [1.82, 2.24) is 20.0 Å². The number of anilines is 2. The molecule has 2 aromatic heterocycles. The van der Waals surface area contributed by atoms with Gasteiger partial charge in [0, 0.05) is 23.8 Å². The molecule has 0 unspecified atom stereocenters. The highest BCUT2D eigenvalue weighted by Gasteiger charge is 2.21. The van der Waals surface area contributed by atoms with Gasteiger partial charge in [-0.3, -0.25) is 9.89 Å². The summed E-state index contributed by atoms with van der Waals surface area (Å²) in [6.07, 6.45) is 2.54. The molecular weight excluding hydrogens is 342 g/mol. The summed E-state index contributed by atoms with van der Waals surface area (Å²) in [4.78, 5) is 12.9. The predicted molar refractivity (Wildman–Crippen MR) is 105 cm³/mol. The van der Waals surface area contributed by atoms with Gasteiger partial charge in [-0.15, -0.1) is 0 Å². The van der Waals surface area contributed by atoms with Crippen molar-refractivity contribution < 1.29 is 4.74 Å². The van der Waals surface area contributed by atoms with Crippen LogP contribution in [0.2, 0.25) is 0 Å². The number of aryl methyl sites for hydroxylation is 1. The van der Waals surface area contributed by atoms with E-state index in [9.17, 15) is 4.79 Å². The smallest absolute Gasteiger partial charge is 0.275 e. The van der Waals surface area contributed by atoms with Gasteiger partial charge in [0.2, 0.25) is 0 Å². The zero-order valence-electron chi connectivity index (χ0n) is 16.0. The summed E-state index contributed by atoms with van der Waals surface area (Å²) < 4.78 is 7.30. The van der Waals surface area contributed by atoms with Crippen molar-refractivity contribution in [2.45, 2.75) is 46.3 Å². The average molecular weight is 367 g/mol. The van der Waals surface area contributed by atoms with Crippen LogP contribution in [0.5, 0.6) is 0 Å². The second-order valence-corrected chi connectivity index (χ2v) is 7.59. The zero-order chi connectivity index (χ0) is 19.0. The molecule has 2 heterocycles. The maximum Gasteiger partial charge on any atom is 0.275 e. The van der Waals surface area contributed by atoms with Crippen LogP contribution in [0, 0.1) is 12.8 Å². The van der Waals surface area contributed by atoms with Crippen molar-refractivity contribution in [3.8, 4) is 0 Å². The summed E-state index contributed by atoms with van der Waals surface area (Å²) in [6.45, 7) is 7.16. The first kappa shape index (κ1) is 17.7. The molecule has 0 saturated heterocycles. The molecule has 0 bridgehead atoms. The van der Waals surface area contributed by atoms with Gasteiger partial charge in [0.1, 0.15) is 0 Å². The molecule has 0 spiro atoms. The topological polar surface area (TPSA) is 84.8 Å². The maximum absolute atomic E-state index is 12.9. The normalized spacial score (nSPS) is 14.2. The van der Waals surface area contributed by atoms with Crippen LogP contribution in [0.15, 0.2) is 29.1 Å². The van der Waals surface area contributed by atoms with Gasteiger partial charge in [0.25, 0.3) is 5.56 Å². The molecule has 7 nitrogen and oxygen atoms in total. The molecule has 1 saturated carbocycles. The molecule has 7 heteroatoms. The first-order valence-corrected chi connectivity index (χ1v) is 9.43. The highest BCUT2D eigenvalue weighted by atomic mass is 16.5. The van der Waals surface area contributed by atoms with Crippen LogP contribution in [0.1, 0.15) is 44.0 Å². The van der Waals surface area contributed by atoms with Crippen molar-refractivity contribution in [2.75, 3.05) is 11.9 Å². The Hall–Kier alpha value is -2.67. The standard InChI is InChI=1S/C20H25N5O2/c1-12(2)25-20(26)17-9-15(11-27-10-14-4-5-14)6-7-16(17)19(24-25)21-18-8-13(3)22-23-18/h6-9,12,14H,4-5,10-11H2,1-3H3,(H2,21,22,23,24). The minimum Gasteiger partial charge on any atom is -0.376 e. The van der Waals surface area contributed by atoms with Crippen LogP contribution in [-0.4, -0.2) is 26.6 Å². The number of hydrogen-bond acceptors (Lipinski definition) is 5. The van der Waals surface area contributed by atoms with Gasteiger partial charge in [0.05, 0.1) is 18.0 Å². The van der Waals surface area contributed by atoms with Crippen molar-refractivity contribution in [2.24, 2.45) is 5.92 Å². The second-order valence-electron chi connectivity index (χ2n) is 7.59. The number of nitrogens with one attached hydrogen (secondary N) is 2. The van der Waals surface area contributed by atoms with E-state index < -0.39 is 0 Å². The molecule has 1 aliphatic carbocycles. The fraction of sp³-hybridized carbons (Fsp3) is 0.450. The lowest BCUT2D eigenvalue weighted by Gasteiger charge is -2.14. The van der Waals surface area contributed by atoms with Gasteiger partial charge in [-0.1, -0.05) is 12.1 Å². The molecule has 1 aromatic carbocycles. The van der Waals surface area contributed by atoms with E-state index in [2.05, 4.69) is 20.6 Å². The lowest BCUT2D eigenvalue weighted by molar-refractivity contribution is 0.111. The molecule has 4 rings (SSSR count). The van der Waals surface area contributed by atoms with Gasteiger partial charge in [-0.2, -0.15) is 10.2 Å². The van der Waals surface area contributed by atoms with Crippen LogP contribution in [0.4, 0.5) is 11.6 Å². The highest BCUT2D eigenvalue weighted by molar-refractivity contribution is 5.92. The summed E-state index contributed by atoms with van der Waals surface area (Å²) in [6, 6.07) is 7.71. The van der Waals surface area contributed by atoms with Gasteiger partial charge in [-0.25, -0.2) is 4.68 Å². The number of nitrogens with zero attached hydrogens (tertiary/aromatic N) is 3. The fourth-order valence-corrected chi connectivity index (χ4v) is 3.07. The molecule has 1 fully saturated rings. The first-order valence-electron chi connectivity index (χ1n) is 9.43. The number of H-pyrrole nitrogens is 1. The van der Waals surface area contributed by atoms with Gasteiger partial charge in [-0.05, 0) is 51.2 Å². The monoisotopic (exact) mass is 367 g/mol. The number of benzene rings is 1. The molecule has 27 heavy (non-hydrogen) atoms. The summed E-state index contributed by atoms with van der Waals surface area (Å²) in [5.74, 6) is 2.02. The van der Waals surface area contributed by atoms with E-state index in [1.165, 1.54) is 17.5 Å². The Labute approximate surface area is 157 Å². The molecule has 1 aliphatic rings. The molecule has 0 radical (unpaired) electrons. The average Bonchev–Trinajstić information content (AvgIpc) is 3.37. The Bertz CT molecular complexity index is 1020. The van der Waals surface area contributed by atoms with Crippen molar-refractivity contribution in [3.05, 3.63) is 45.9 Å². The van der Waals surface area contributed by atoms with Crippen molar-refractivity contribution in [3.63, 3.8) is 0 Å². The van der Waals surface area contributed by atoms with E-state index in [1.54, 1.807) is 0 Å². The van der Waals surface area contributed by atoms with E-state index >= 15 is 0 Å². The van der Waals surface area contributed by atoms with Crippen LogP contribution in [0.3, 0.4) is 0 Å². The minimum absolute atomic E-state index is 0.0434. The molecule has 0 aliphatic heterocycles. The van der Waals surface area contributed by atoms with Crippen molar-refractivity contribution >= 4 is 22.4 Å². The minimum atomic E-state index is -0.0900. The van der Waals surface area contributed by atoms with E-state index in [-0.39, 0.29) is 11.6 Å². The summed E-state index contributed by atoms with van der Waals surface area (Å²) in [5.41, 5.74) is 1.87. The molecule has 2 N–H and O–H groups in total. The third-order valence-electron chi connectivity index (χ3n) is 4.75. The van der Waals surface area contributed by atoms with Crippen molar-refractivity contribution in [1.29, 1.82) is 0 Å². The Kier molecular flexibility index (Phi) is 4.70. The van der Waals surface area contributed by atoms with Gasteiger partial charge >= 0.3 is 0 Å². The van der Waals surface area contributed by atoms with E-state index in [0.717, 1.165) is 29.2 Å². The molecular formula is C20H25N5O2. The van der Waals surface area contributed by atoms with Crippen LogP contribution < -0.4 is 10.9 Å². The Morgan fingerprint density at radius 2 is 2.11 bits per heavy atom. The van der Waals surface area contributed by atoms with E-state index in [0.29, 0.717) is 23.6 Å². The summed E-state index contributed by atoms with van der Waals surface area (Å²) in [5, 5.41) is 16.3. The van der Waals surface area contributed by atoms with Gasteiger partial charge < -0.3 is 10.1 Å². The van der Waals surface area contributed by atoms with Gasteiger partial charge in [0.15, 0.2) is 11.6 Å². The lowest BCUT2D eigenvalue weighted by Crippen LogP contribution is -2.26. The molecule has 142 valence electrons. The lowest BCUT2D eigenvalue weighted by atomic mass is 10.1. The van der Waals surface area contributed by atoms with Crippen LogP contribution in [0.25, 0.3) is 10.8 Å². The summed E-state index contributed by atoms with van der Waals surface area (Å²) >= 11 is 0. The van der Waals surface area contributed by atoms with E-state index in [1.807, 2.05) is 45.0 Å². The Balaban J connectivity index is 1.72. The number of aromatic amines is 1. The highest BCUT2D eigenvalue weighted by Crippen LogP contribution is 2.29. The predicted octanol–water partition coefficient (Wildman–Crippen LogP) is 3.68.